The maximum Gasteiger partial charge on any atom is 0.128 e. The Labute approximate surface area is 140 Å². The third-order valence-electron chi connectivity index (χ3n) is 3.49. The number of aryl methyl sites for hydroxylation is 2. The molecule has 0 aliphatic carbocycles. The Hall–Kier alpha value is -1.33. The number of benzene rings is 2. The number of hydrogen-bond acceptors (Lipinski definition) is 2. The molecular formula is C16H15Br2N3. The Morgan fingerprint density at radius 2 is 1.81 bits per heavy atom. The molecule has 0 spiro atoms. The van der Waals surface area contributed by atoms with Crippen LogP contribution >= 0.6 is 31.9 Å². The fourth-order valence-electron chi connectivity index (χ4n) is 2.39. The topological polar surface area (TPSA) is 29.9 Å². The average molecular weight is 409 g/mol. The van der Waals surface area contributed by atoms with E-state index in [1.807, 2.05) is 25.2 Å². The Kier molecular flexibility index (Phi) is 4.04. The van der Waals surface area contributed by atoms with Crippen molar-refractivity contribution < 1.29 is 0 Å². The van der Waals surface area contributed by atoms with Crippen LogP contribution in [0.15, 0.2) is 45.3 Å². The van der Waals surface area contributed by atoms with Crippen molar-refractivity contribution in [2.75, 3.05) is 5.32 Å². The monoisotopic (exact) mass is 407 g/mol. The van der Waals surface area contributed by atoms with Crippen molar-refractivity contribution in [1.82, 2.24) is 9.55 Å². The van der Waals surface area contributed by atoms with Gasteiger partial charge in [0.25, 0.3) is 0 Å². The van der Waals surface area contributed by atoms with Gasteiger partial charge in [-0.05, 0) is 68.6 Å². The zero-order chi connectivity index (χ0) is 15.0. The summed E-state index contributed by atoms with van der Waals surface area (Å²) in [6, 6.07) is 12.4. The molecule has 3 aromatic rings. The number of anilines is 1. The molecule has 5 heteroatoms. The SMILES string of the molecule is Cc1cc(Br)c(NCc2nc3ccccc3n2C)c(Br)c1. The minimum Gasteiger partial charge on any atom is -0.376 e. The molecule has 1 heterocycles. The molecule has 0 radical (unpaired) electrons. The number of rotatable bonds is 3. The molecule has 2 aromatic carbocycles. The molecule has 0 fully saturated rings. The molecule has 1 N–H and O–H groups in total. The normalized spacial score (nSPS) is 11.0. The van der Waals surface area contributed by atoms with Crippen molar-refractivity contribution in [3.05, 3.63) is 56.7 Å². The van der Waals surface area contributed by atoms with E-state index in [9.17, 15) is 0 Å². The minimum atomic E-state index is 0.672. The summed E-state index contributed by atoms with van der Waals surface area (Å²) in [6.07, 6.45) is 0. The molecule has 108 valence electrons. The number of nitrogens with one attached hydrogen (secondary N) is 1. The van der Waals surface area contributed by atoms with Gasteiger partial charge in [-0.3, -0.25) is 0 Å². The van der Waals surface area contributed by atoms with Gasteiger partial charge < -0.3 is 9.88 Å². The second-order valence-electron chi connectivity index (χ2n) is 5.03. The van der Waals surface area contributed by atoms with Crippen LogP contribution in [0.4, 0.5) is 5.69 Å². The first-order valence-corrected chi connectivity index (χ1v) is 8.24. The molecule has 0 aliphatic heterocycles. The quantitative estimate of drug-likeness (QED) is 0.659. The average Bonchev–Trinajstić information content (AvgIpc) is 2.75. The maximum atomic E-state index is 4.67. The molecule has 0 amide bonds. The highest BCUT2D eigenvalue weighted by Gasteiger charge is 2.10. The Morgan fingerprint density at radius 3 is 2.48 bits per heavy atom. The van der Waals surface area contributed by atoms with E-state index >= 15 is 0 Å². The van der Waals surface area contributed by atoms with Gasteiger partial charge in [0.05, 0.1) is 23.3 Å². The summed E-state index contributed by atoms with van der Waals surface area (Å²) in [5.41, 5.74) is 4.44. The summed E-state index contributed by atoms with van der Waals surface area (Å²) in [6.45, 7) is 2.75. The molecular weight excluding hydrogens is 394 g/mol. The van der Waals surface area contributed by atoms with Gasteiger partial charge in [-0.25, -0.2) is 4.98 Å². The van der Waals surface area contributed by atoms with Gasteiger partial charge in [0.2, 0.25) is 0 Å². The summed E-state index contributed by atoms with van der Waals surface area (Å²) < 4.78 is 4.22. The summed E-state index contributed by atoms with van der Waals surface area (Å²) in [5, 5.41) is 3.45. The van der Waals surface area contributed by atoms with E-state index < -0.39 is 0 Å². The van der Waals surface area contributed by atoms with E-state index in [-0.39, 0.29) is 0 Å². The molecule has 1 aromatic heterocycles. The van der Waals surface area contributed by atoms with Crippen LogP contribution in [0.1, 0.15) is 11.4 Å². The van der Waals surface area contributed by atoms with Gasteiger partial charge in [-0.15, -0.1) is 0 Å². The summed E-state index contributed by atoms with van der Waals surface area (Å²) >= 11 is 7.21. The van der Waals surface area contributed by atoms with Crippen molar-refractivity contribution in [2.24, 2.45) is 7.05 Å². The highest BCUT2D eigenvalue weighted by molar-refractivity contribution is 9.11. The van der Waals surface area contributed by atoms with E-state index in [2.05, 4.69) is 71.9 Å². The molecule has 0 unspecified atom stereocenters. The number of halogens is 2. The van der Waals surface area contributed by atoms with Gasteiger partial charge in [0.1, 0.15) is 5.82 Å². The van der Waals surface area contributed by atoms with Crippen molar-refractivity contribution in [3.63, 3.8) is 0 Å². The van der Waals surface area contributed by atoms with Crippen molar-refractivity contribution in [3.8, 4) is 0 Å². The number of nitrogens with zero attached hydrogens (tertiary/aromatic N) is 2. The predicted molar refractivity (Wildman–Crippen MR) is 94.6 cm³/mol. The van der Waals surface area contributed by atoms with E-state index in [4.69, 9.17) is 0 Å². The zero-order valence-electron chi connectivity index (χ0n) is 11.8. The Morgan fingerprint density at radius 1 is 1.14 bits per heavy atom. The van der Waals surface area contributed by atoms with Crippen LogP contribution in [-0.2, 0) is 13.6 Å². The van der Waals surface area contributed by atoms with E-state index in [1.54, 1.807) is 0 Å². The van der Waals surface area contributed by atoms with Gasteiger partial charge in [-0.1, -0.05) is 12.1 Å². The van der Waals surface area contributed by atoms with Gasteiger partial charge in [0, 0.05) is 16.0 Å². The molecule has 0 saturated carbocycles. The van der Waals surface area contributed by atoms with Gasteiger partial charge >= 0.3 is 0 Å². The van der Waals surface area contributed by atoms with Crippen LogP contribution in [-0.4, -0.2) is 9.55 Å². The van der Waals surface area contributed by atoms with Crippen LogP contribution in [0.3, 0.4) is 0 Å². The lowest BCUT2D eigenvalue weighted by Gasteiger charge is -2.11. The second-order valence-corrected chi connectivity index (χ2v) is 6.74. The first-order chi connectivity index (χ1) is 10.1. The Balaban J connectivity index is 1.89. The third kappa shape index (κ3) is 2.85. The van der Waals surface area contributed by atoms with E-state index in [0.29, 0.717) is 6.54 Å². The lowest BCUT2D eigenvalue weighted by Crippen LogP contribution is -2.07. The number of fused-ring (bicyclic) bond motifs is 1. The van der Waals surface area contributed by atoms with Crippen LogP contribution < -0.4 is 5.32 Å². The smallest absolute Gasteiger partial charge is 0.128 e. The summed E-state index contributed by atoms with van der Waals surface area (Å²) in [7, 11) is 2.05. The van der Waals surface area contributed by atoms with Crippen molar-refractivity contribution in [1.29, 1.82) is 0 Å². The summed E-state index contributed by atoms with van der Waals surface area (Å²) in [5.74, 6) is 1.01. The number of para-hydroxylation sites is 2. The zero-order valence-corrected chi connectivity index (χ0v) is 15.0. The molecule has 3 nitrogen and oxygen atoms in total. The Bertz CT molecular complexity index is 785. The fourth-order valence-corrected chi connectivity index (χ4v) is 4.09. The highest BCUT2D eigenvalue weighted by Crippen LogP contribution is 2.32. The first-order valence-electron chi connectivity index (χ1n) is 6.66. The molecule has 0 bridgehead atoms. The van der Waals surface area contributed by atoms with Gasteiger partial charge in [-0.2, -0.15) is 0 Å². The van der Waals surface area contributed by atoms with Gasteiger partial charge in [0.15, 0.2) is 0 Å². The molecule has 21 heavy (non-hydrogen) atoms. The number of aromatic nitrogens is 2. The molecule has 0 atom stereocenters. The van der Waals surface area contributed by atoms with Crippen LogP contribution in [0, 0.1) is 6.92 Å². The third-order valence-corrected chi connectivity index (χ3v) is 4.74. The highest BCUT2D eigenvalue weighted by atomic mass is 79.9. The van der Waals surface area contributed by atoms with E-state index in [1.165, 1.54) is 5.56 Å². The first kappa shape index (κ1) is 14.6. The second kappa shape index (κ2) is 5.81. The molecule has 0 aliphatic rings. The maximum absolute atomic E-state index is 4.67. The lowest BCUT2D eigenvalue weighted by atomic mass is 10.2. The van der Waals surface area contributed by atoms with Crippen molar-refractivity contribution in [2.45, 2.75) is 13.5 Å². The predicted octanol–water partition coefficient (Wildman–Crippen LogP) is 5.02. The number of hydrogen-bond donors (Lipinski definition) is 1. The number of imidazole rings is 1. The molecule has 0 saturated heterocycles. The van der Waals surface area contributed by atoms with E-state index in [0.717, 1.165) is 31.5 Å². The van der Waals surface area contributed by atoms with Crippen molar-refractivity contribution >= 4 is 48.6 Å². The standard InChI is InChI=1S/C16H15Br2N3/c1-10-7-11(17)16(12(18)8-10)19-9-15-20-13-5-3-4-6-14(13)21(15)2/h3-8,19H,9H2,1-2H3. The van der Waals surface area contributed by atoms with Crippen LogP contribution in [0.25, 0.3) is 11.0 Å². The lowest BCUT2D eigenvalue weighted by molar-refractivity contribution is 0.834. The summed E-state index contributed by atoms with van der Waals surface area (Å²) in [4.78, 5) is 4.67. The van der Waals surface area contributed by atoms with Crippen LogP contribution in [0.2, 0.25) is 0 Å². The van der Waals surface area contributed by atoms with Crippen LogP contribution in [0.5, 0.6) is 0 Å². The molecule has 3 rings (SSSR count). The largest absolute Gasteiger partial charge is 0.376 e. The minimum absolute atomic E-state index is 0.672. The fraction of sp³-hybridized carbons (Fsp3) is 0.188.